The van der Waals surface area contributed by atoms with Crippen LogP contribution >= 0.6 is 0 Å². The van der Waals surface area contributed by atoms with E-state index in [-0.39, 0.29) is 23.0 Å². The molecule has 1 aromatic rings. The predicted molar refractivity (Wildman–Crippen MR) is 65.1 cm³/mol. The third-order valence-corrected chi connectivity index (χ3v) is 2.86. The number of sulfonamides is 1. The molecule has 0 aliphatic carbocycles. The highest BCUT2D eigenvalue weighted by Crippen LogP contribution is 2.13. The van der Waals surface area contributed by atoms with Gasteiger partial charge in [-0.15, -0.1) is 0 Å². The van der Waals surface area contributed by atoms with Crippen LogP contribution in [0.4, 0.5) is 5.69 Å². The van der Waals surface area contributed by atoms with E-state index in [4.69, 9.17) is 5.14 Å². The molecule has 18 heavy (non-hydrogen) atoms. The molecular formula is C10H13N3O4S. The van der Waals surface area contributed by atoms with Crippen molar-refractivity contribution in [1.29, 1.82) is 0 Å². The van der Waals surface area contributed by atoms with E-state index in [2.05, 4.69) is 10.6 Å². The molecule has 98 valence electrons. The molecule has 8 heteroatoms. The molecule has 0 saturated carbocycles. The number of nitrogens with one attached hydrogen (secondary N) is 2. The molecule has 0 aliphatic rings. The molecule has 1 rings (SSSR count). The van der Waals surface area contributed by atoms with E-state index in [1.165, 1.54) is 31.2 Å². The summed E-state index contributed by atoms with van der Waals surface area (Å²) in [6.07, 6.45) is 0. The lowest BCUT2D eigenvalue weighted by atomic mass is 10.3. The Labute approximate surface area is 104 Å². The number of carbonyl (C=O) groups is 2. The molecule has 2 amide bonds. The number of amides is 2. The summed E-state index contributed by atoms with van der Waals surface area (Å²) < 4.78 is 22.2. The van der Waals surface area contributed by atoms with Crippen LogP contribution in [0.15, 0.2) is 29.2 Å². The van der Waals surface area contributed by atoms with Crippen LogP contribution in [0.25, 0.3) is 0 Å². The first-order valence-electron chi connectivity index (χ1n) is 4.96. The fourth-order valence-corrected chi connectivity index (χ4v) is 1.72. The smallest absolute Gasteiger partial charge is 0.243 e. The van der Waals surface area contributed by atoms with Crippen LogP contribution in [0.2, 0.25) is 0 Å². The fraction of sp³-hybridized carbons (Fsp3) is 0.200. The van der Waals surface area contributed by atoms with Gasteiger partial charge in [0.1, 0.15) is 0 Å². The Bertz CT molecular complexity index is 568. The van der Waals surface area contributed by atoms with Gasteiger partial charge in [0.05, 0.1) is 11.4 Å². The molecule has 0 fully saturated rings. The van der Waals surface area contributed by atoms with Crippen molar-refractivity contribution < 1.29 is 18.0 Å². The molecule has 0 saturated heterocycles. The van der Waals surface area contributed by atoms with Crippen molar-refractivity contribution in [2.24, 2.45) is 5.14 Å². The standard InChI is InChI=1S/C10H13N3O4S/c1-7(14)12-6-10(15)13-8-3-2-4-9(5-8)18(11,16)17/h2-5H,6H2,1H3,(H,12,14)(H,13,15)(H2,11,16,17). The van der Waals surface area contributed by atoms with Crippen molar-refractivity contribution in [2.75, 3.05) is 11.9 Å². The van der Waals surface area contributed by atoms with Crippen LogP contribution in [0.3, 0.4) is 0 Å². The largest absolute Gasteiger partial charge is 0.347 e. The topological polar surface area (TPSA) is 118 Å². The van der Waals surface area contributed by atoms with Crippen molar-refractivity contribution in [1.82, 2.24) is 5.32 Å². The van der Waals surface area contributed by atoms with E-state index in [9.17, 15) is 18.0 Å². The van der Waals surface area contributed by atoms with E-state index in [0.29, 0.717) is 0 Å². The lowest BCUT2D eigenvalue weighted by Gasteiger charge is -2.06. The van der Waals surface area contributed by atoms with Crippen molar-refractivity contribution >= 4 is 27.5 Å². The third kappa shape index (κ3) is 4.52. The molecular weight excluding hydrogens is 258 g/mol. The molecule has 0 aliphatic heterocycles. The lowest BCUT2D eigenvalue weighted by Crippen LogP contribution is -2.31. The number of hydrogen-bond donors (Lipinski definition) is 3. The molecule has 0 radical (unpaired) electrons. The van der Waals surface area contributed by atoms with E-state index < -0.39 is 15.9 Å². The van der Waals surface area contributed by atoms with Crippen LogP contribution in [0.1, 0.15) is 6.92 Å². The summed E-state index contributed by atoms with van der Waals surface area (Å²) in [7, 11) is -3.81. The maximum Gasteiger partial charge on any atom is 0.243 e. The van der Waals surface area contributed by atoms with Gasteiger partial charge in [-0.1, -0.05) is 6.07 Å². The first-order chi connectivity index (χ1) is 8.29. The minimum Gasteiger partial charge on any atom is -0.347 e. The molecule has 7 nitrogen and oxygen atoms in total. The number of hydrogen-bond acceptors (Lipinski definition) is 4. The summed E-state index contributed by atoms with van der Waals surface area (Å²) in [5.41, 5.74) is 0.289. The SMILES string of the molecule is CC(=O)NCC(=O)Nc1cccc(S(N)(=O)=O)c1. The number of carbonyl (C=O) groups excluding carboxylic acids is 2. The maximum absolute atomic E-state index is 11.4. The Kier molecular flexibility index (Phi) is 4.40. The van der Waals surface area contributed by atoms with E-state index in [1.54, 1.807) is 0 Å². The van der Waals surface area contributed by atoms with Crippen LogP contribution in [0.5, 0.6) is 0 Å². The van der Waals surface area contributed by atoms with Crippen LogP contribution in [-0.2, 0) is 19.6 Å². The zero-order valence-electron chi connectivity index (χ0n) is 9.64. The van der Waals surface area contributed by atoms with E-state index >= 15 is 0 Å². The fourth-order valence-electron chi connectivity index (χ4n) is 1.16. The summed E-state index contributed by atoms with van der Waals surface area (Å²) in [4.78, 5) is 21.9. The maximum atomic E-state index is 11.4. The van der Waals surface area contributed by atoms with Gasteiger partial charge in [0, 0.05) is 12.6 Å². The van der Waals surface area contributed by atoms with Crippen molar-refractivity contribution in [2.45, 2.75) is 11.8 Å². The Hall–Kier alpha value is -1.93. The second-order valence-electron chi connectivity index (χ2n) is 3.53. The Morgan fingerprint density at radius 1 is 1.33 bits per heavy atom. The molecule has 0 aromatic heterocycles. The Morgan fingerprint density at radius 3 is 2.56 bits per heavy atom. The van der Waals surface area contributed by atoms with Gasteiger partial charge in [-0.2, -0.15) is 0 Å². The van der Waals surface area contributed by atoms with Gasteiger partial charge in [-0.3, -0.25) is 9.59 Å². The average Bonchev–Trinajstić information content (AvgIpc) is 2.25. The number of rotatable bonds is 4. The highest BCUT2D eigenvalue weighted by molar-refractivity contribution is 7.89. The molecule has 0 bridgehead atoms. The summed E-state index contributed by atoms with van der Waals surface area (Å²) in [5.74, 6) is -0.791. The molecule has 0 unspecified atom stereocenters. The molecule has 4 N–H and O–H groups in total. The van der Waals surface area contributed by atoms with Gasteiger partial charge in [0.15, 0.2) is 0 Å². The molecule has 0 heterocycles. The van der Waals surface area contributed by atoms with Crippen molar-refractivity contribution in [3.63, 3.8) is 0 Å². The first kappa shape index (κ1) is 14.1. The van der Waals surface area contributed by atoms with Gasteiger partial charge in [0.2, 0.25) is 21.8 Å². The van der Waals surface area contributed by atoms with Crippen molar-refractivity contribution in [3.05, 3.63) is 24.3 Å². The number of primary sulfonamides is 1. The van der Waals surface area contributed by atoms with Gasteiger partial charge < -0.3 is 10.6 Å². The van der Waals surface area contributed by atoms with Gasteiger partial charge in [0.25, 0.3) is 0 Å². The van der Waals surface area contributed by atoms with Gasteiger partial charge >= 0.3 is 0 Å². The summed E-state index contributed by atoms with van der Waals surface area (Å²) in [6, 6.07) is 5.52. The Balaban J connectivity index is 2.74. The molecule has 0 spiro atoms. The van der Waals surface area contributed by atoms with E-state index in [1.807, 2.05) is 0 Å². The molecule has 1 aromatic carbocycles. The zero-order chi connectivity index (χ0) is 13.8. The van der Waals surface area contributed by atoms with E-state index in [0.717, 1.165) is 0 Å². The highest BCUT2D eigenvalue weighted by Gasteiger charge is 2.09. The normalized spacial score (nSPS) is 10.8. The molecule has 0 atom stereocenters. The average molecular weight is 271 g/mol. The minimum atomic E-state index is -3.81. The first-order valence-corrected chi connectivity index (χ1v) is 6.51. The minimum absolute atomic E-state index is 0.0974. The number of nitrogens with two attached hydrogens (primary N) is 1. The predicted octanol–water partition coefficient (Wildman–Crippen LogP) is -0.591. The second kappa shape index (κ2) is 5.61. The van der Waals surface area contributed by atoms with Crippen LogP contribution in [0, 0.1) is 0 Å². The second-order valence-corrected chi connectivity index (χ2v) is 5.09. The van der Waals surface area contributed by atoms with Crippen LogP contribution in [-0.4, -0.2) is 26.8 Å². The summed E-state index contributed by atoms with van der Waals surface area (Å²) in [6.45, 7) is 1.10. The van der Waals surface area contributed by atoms with Crippen LogP contribution < -0.4 is 15.8 Å². The highest BCUT2D eigenvalue weighted by atomic mass is 32.2. The summed E-state index contributed by atoms with van der Waals surface area (Å²) >= 11 is 0. The van der Waals surface area contributed by atoms with Gasteiger partial charge in [-0.25, -0.2) is 13.6 Å². The lowest BCUT2D eigenvalue weighted by molar-refractivity contribution is -0.122. The summed E-state index contributed by atoms with van der Waals surface area (Å²) in [5, 5.41) is 9.71. The van der Waals surface area contributed by atoms with Crippen molar-refractivity contribution in [3.8, 4) is 0 Å². The number of anilines is 1. The van der Waals surface area contributed by atoms with Gasteiger partial charge in [-0.05, 0) is 18.2 Å². The Morgan fingerprint density at radius 2 is 2.00 bits per heavy atom. The monoisotopic (exact) mass is 271 g/mol. The quantitative estimate of drug-likeness (QED) is 0.678. The number of benzene rings is 1. The zero-order valence-corrected chi connectivity index (χ0v) is 10.5. The third-order valence-electron chi connectivity index (χ3n) is 1.94.